The van der Waals surface area contributed by atoms with Crippen molar-refractivity contribution >= 4 is 45.5 Å². The summed E-state index contributed by atoms with van der Waals surface area (Å²) >= 11 is 0.141. The highest BCUT2D eigenvalue weighted by Gasteiger charge is 2.46. The molecule has 0 spiro atoms. The van der Waals surface area contributed by atoms with Gasteiger partial charge < -0.3 is 9.15 Å². The molecular formula is C18H10F3N5O5S. The molecule has 4 rings (SSSR count). The van der Waals surface area contributed by atoms with Crippen LogP contribution in [0.4, 0.5) is 18.9 Å². The van der Waals surface area contributed by atoms with Crippen molar-refractivity contribution in [1.29, 1.82) is 5.41 Å². The minimum Gasteiger partial charge on any atom is -0.497 e. The average molecular weight is 465 g/mol. The van der Waals surface area contributed by atoms with Gasteiger partial charge >= 0.3 is 6.18 Å². The molecule has 0 saturated heterocycles. The fourth-order valence-electron chi connectivity index (χ4n) is 2.82. The highest BCUT2D eigenvalue weighted by atomic mass is 32.2. The van der Waals surface area contributed by atoms with Gasteiger partial charge in [0.05, 0.1) is 29.2 Å². The Morgan fingerprint density at radius 1 is 1.31 bits per heavy atom. The first-order valence-corrected chi connectivity index (χ1v) is 9.40. The molecule has 0 radical (unpaired) electrons. The first-order valence-electron chi connectivity index (χ1n) is 8.58. The predicted octanol–water partition coefficient (Wildman–Crippen LogP) is 4.04. The maximum atomic E-state index is 12.9. The van der Waals surface area contributed by atoms with Gasteiger partial charge in [-0.3, -0.25) is 20.3 Å². The number of halogens is 3. The Labute approximate surface area is 180 Å². The molecule has 2 aliphatic rings. The van der Waals surface area contributed by atoms with Crippen LogP contribution >= 0.6 is 11.8 Å². The average Bonchev–Trinajstić information content (AvgIpc) is 3.37. The van der Waals surface area contributed by atoms with Crippen LogP contribution in [-0.2, 0) is 4.79 Å². The molecule has 0 atom stereocenters. The number of methoxy groups -OCH3 is 1. The van der Waals surface area contributed by atoms with Crippen molar-refractivity contribution in [3.63, 3.8) is 0 Å². The maximum absolute atomic E-state index is 12.9. The van der Waals surface area contributed by atoms with E-state index >= 15 is 0 Å². The molecule has 0 bridgehead atoms. The van der Waals surface area contributed by atoms with Gasteiger partial charge in [-0.25, -0.2) is 0 Å². The summed E-state index contributed by atoms with van der Waals surface area (Å²) in [6.45, 7) is 0. The van der Waals surface area contributed by atoms with Crippen molar-refractivity contribution in [2.75, 3.05) is 7.11 Å². The molecule has 3 heterocycles. The smallest absolute Gasteiger partial charge is 0.441 e. The topological polar surface area (TPSA) is 134 Å². The second kappa shape index (κ2) is 7.64. The van der Waals surface area contributed by atoms with Gasteiger partial charge in [-0.1, -0.05) is 0 Å². The quantitative estimate of drug-likeness (QED) is 0.409. The number of benzene rings is 1. The number of hydrogen-bond donors (Lipinski definition) is 1. The van der Waals surface area contributed by atoms with Crippen LogP contribution in [0, 0.1) is 15.5 Å². The number of ether oxygens (including phenoxy) is 1. The number of alkyl halides is 3. The monoisotopic (exact) mass is 465 g/mol. The second-order valence-electron chi connectivity index (χ2n) is 6.27. The number of rotatable bonds is 4. The Bertz CT molecular complexity index is 1260. The molecule has 0 aliphatic carbocycles. The number of furan rings is 1. The number of nitrogens with one attached hydrogen (secondary N) is 1. The van der Waals surface area contributed by atoms with E-state index in [-0.39, 0.29) is 51.0 Å². The highest BCUT2D eigenvalue weighted by Crippen LogP contribution is 2.37. The number of carbonyl (C=O) groups is 1. The molecule has 0 fully saturated rings. The summed E-state index contributed by atoms with van der Waals surface area (Å²) in [4.78, 5) is 26.6. The molecular weight excluding hydrogens is 455 g/mol. The first-order chi connectivity index (χ1) is 15.1. The number of nitrogens with zero attached hydrogens (tertiary/aromatic N) is 4. The van der Waals surface area contributed by atoms with E-state index in [1.54, 1.807) is 0 Å². The zero-order valence-electron chi connectivity index (χ0n) is 15.8. The van der Waals surface area contributed by atoms with Gasteiger partial charge in [0.25, 0.3) is 11.6 Å². The lowest BCUT2D eigenvalue weighted by molar-refractivity contribution is -0.384. The Morgan fingerprint density at radius 3 is 2.72 bits per heavy atom. The number of thioether (sulfide) groups is 1. The molecule has 14 heteroatoms. The minimum absolute atomic E-state index is 0.0312. The van der Waals surface area contributed by atoms with E-state index in [0.717, 1.165) is 6.08 Å². The summed E-state index contributed by atoms with van der Waals surface area (Å²) in [5, 5.41) is 21.8. The van der Waals surface area contributed by atoms with Crippen LogP contribution in [0.5, 0.6) is 5.75 Å². The SMILES string of the molecule is COc1ccc(-c2ccc(/C=C3/C(=N)N4N=C(C(F)(F)F)SC4=NC3=O)o2)c([N+](=O)[O-])c1. The Hall–Kier alpha value is -3.94. The summed E-state index contributed by atoms with van der Waals surface area (Å²) in [6.07, 6.45) is -3.64. The summed E-state index contributed by atoms with van der Waals surface area (Å²) in [7, 11) is 1.36. The van der Waals surface area contributed by atoms with Crippen molar-refractivity contribution in [2.24, 2.45) is 10.1 Å². The molecule has 1 N–H and O–H groups in total. The number of fused-ring (bicyclic) bond motifs is 1. The van der Waals surface area contributed by atoms with Crippen molar-refractivity contribution < 1.29 is 32.0 Å². The zero-order chi connectivity index (χ0) is 23.2. The van der Waals surface area contributed by atoms with Gasteiger partial charge in [0.15, 0.2) is 5.84 Å². The molecule has 1 amide bonds. The summed E-state index contributed by atoms with van der Waals surface area (Å²) in [5.74, 6) is -1.16. The number of hydrogen-bond acceptors (Lipinski definition) is 8. The van der Waals surface area contributed by atoms with E-state index in [4.69, 9.17) is 14.6 Å². The summed E-state index contributed by atoms with van der Waals surface area (Å²) in [5.41, 5.74) is -0.496. The molecule has 2 aromatic rings. The second-order valence-corrected chi connectivity index (χ2v) is 7.22. The van der Waals surface area contributed by atoms with Crippen molar-refractivity contribution in [3.8, 4) is 17.1 Å². The van der Waals surface area contributed by atoms with Gasteiger partial charge in [0, 0.05) is 0 Å². The van der Waals surface area contributed by atoms with Gasteiger partial charge in [-0.15, -0.1) is 0 Å². The number of nitro benzene ring substituents is 1. The number of hydrazone groups is 1. The van der Waals surface area contributed by atoms with Gasteiger partial charge in [-0.2, -0.15) is 28.3 Å². The fraction of sp³-hybridized carbons (Fsp3) is 0.111. The number of amidine groups is 2. The van der Waals surface area contributed by atoms with Crippen molar-refractivity contribution in [2.45, 2.75) is 6.18 Å². The van der Waals surface area contributed by atoms with Gasteiger partial charge in [0.2, 0.25) is 10.2 Å². The molecule has 1 aromatic heterocycles. The van der Waals surface area contributed by atoms with Gasteiger partial charge in [0.1, 0.15) is 17.3 Å². The lowest BCUT2D eigenvalue weighted by atomic mass is 10.1. The largest absolute Gasteiger partial charge is 0.497 e. The molecule has 10 nitrogen and oxygen atoms in total. The van der Waals surface area contributed by atoms with Crippen LogP contribution in [-0.4, -0.2) is 45.2 Å². The predicted molar refractivity (Wildman–Crippen MR) is 108 cm³/mol. The number of carbonyl (C=O) groups excluding carboxylic acids is 1. The normalized spacial score (nSPS) is 17.4. The van der Waals surface area contributed by atoms with E-state index < -0.39 is 27.9 Å². The Kier molecular flexibility index (Phi) is 5.08. The van der Waals surface area contributed by atoms with E-state index in [9.17, 15) is 28.1 Å². The standard InChI is InChI=1S/C18H10F3N5O5S/c1-30-8-2-4-10(12(7-8)26(28)29)13-5-3-9(31-13)6-11-14(22)25-17(23-15(11)27)32-16(24-25)18(19,20)21/h2-7,22H,1H3/b11-6-,22-14?. The van der Waals surface area contributed by atoms with Crippen molar-refractivity contribution in [1.82, 2.24) is 5.01 Å². The summed E-state index contributed by atoms with van der Waals surface area (Å²) in [6, 6.07) is 6.94. The summed E-state index contributed by atoms with van der Waals surface area (Å²) < 4.78 is 49.2. The number of nitro groups is 1. The minimum atomic E-state index is -4.75. The van der Waals surface area contributed by atoms with E-state index in [1.807, 2.05) is 0 Å². The van der Waals surface area contributed by atoms with E-state index in [2.05, 4.69) is 10.1 Å². The van der Waals surface area contributed by atoms with E-state index in [1.165, 1.54) is 37.4 Å². The number of amides is 1. The maximum Gasteiger partial charge on any atom is 0.441 e. The molecule has 164 valence electrons. The Balaban J connectivity index is 1.68. The van der Waals surface area contributed by atoms with Crippen LogP contribution in [0.25, 0.3) is 17.4 Å². The van der Waals surface area contributed by atoms with Crippen LogP contribution < -0.4 is 4.74 Å². The lowest BCUT2D eigenvalue weighted by Gasteiger charge is -2.19. The van der Waals surface area contributed by atoms with Gasteiger partial charge in [-0.05, 0) is 42.1 Å². The van der Waals surface area contributed by atoms with Crippen molar-refractivity contribution in [3.05, 3.63) is 51.8 Å². The highest BCUT2D eigenvalue weighted by molar-refractivity contribution is 8.27. The first kappa shape index (κ1) is 21.3. The molecule has 0 saturated carbocycles. The zero-order valence-corrected chi connectivity index (χ0v) is 16.7. The Morgan fingerprint density at radius 2 is 2.06 bits per heavy atom. The third-order valence-electron chi connectivity index (χ3n) is 4.28. The molecule has 1 aromatic carbocycles. The fourth-order valence-corrected chi connectivity index (χ4v) is 3.58. The van der Waals surface area contributed by atoms with Crippen LogP contribution in [0.15, 0.2) is 50.4 Å². The van der Waals surface area contributed by atoms with Crippen LogP contribution in [0.2, 0.25) is 0 Å². The molecule has 32 heavy (non-hydrogen) atoms. The number of aliphatic imine (C=N–C) groups is 1. The van der Waals surface area contributed by atoms with Crippen LogP contribution in [0.3, 0.4) is 0 Å². The lowest BCUT2D eigenvalue weighted by Crippen LogP contribution is -2.35. The molecule has 0 unspecified atom stereocenters. The third kappa shape index (κ3) is 3.75. The van der Waals surface area contributed by atoms with E-state index in [0.29, 0.717) is 5.01 Å². The third-order valence-corrected chi connectivity index (χ3v) is 5.23. The molecule has 2 aliphatic heterocycles. The van der Waals surface area contributed by atoms with Crippen LogP contribution in [0.1, 0.15) is 5.76 Å².